The third-order valence-corrected chi connectivity index (χ3v) is 3.79. The molecule has 0 bridgehead atoms. The molecule has 0 unspecified atom stereocenters. The van der Waals surface area contributed by atoms with Crippen LogP contribution in [0.25, 0.3) is 0 Å². The molecule has 0 aliphatic carbocycles. The van der Waals surface area contributed by atoms with Gasteiger partial charge >= 0.3 is 0 Å². The maximum Gasteiger partial charge on any atom is 0.261 e. The second-order valence-electron chi connectivity index (χ2n) is 4.01. The topological polar surface area (TPSA) is 38.1 Å². The average Bonchev–Trinajstić information content (AvgIpc) is 2.62. The maximum atomic E-state index is 6.03. The predicted molar refractivity (Wildman–Crippen MR) is 74.3 cm³/mol. The summed E-state index contributed by atoms with van der Waals surface area (Å²) in [4.78, 5) is 5.44. The minimum Gasteiger partial charge on any atom is -0.436 e. The lowest BCUT2D eigenvalue weighted by atomic mass is 10.2. The van der Waals surface area contributed by atoms with Crippen LogP contribution in [0.5, 0.6) is 0 Å². The lowest BCUT2D eigenvalue weighted by molar-refractivity contribution is 0.431. The van der Waals surface area contributed by atoms with Crippen molar-refractivity contribution < 1.29 is 4.42 Å². The van der Waals surface area contributed by atoms with Crippen molar-refractivity contribution >= 4 is 23.4 Å². The lowest BCUT2D eigenvalue weighted by Gasteiger charge is -2.07. The van der Waals surface area contributed by atoms with Crippen LogP contribution in [-0.2, 0) is 6.54 Å². The monoisotopic (exact) mass is 282 g/mol. The molecule has 1 heterocycles. The molecule has 2 rings (SSSR count). The number of aryl methyl sites for hydroxylation is 2. The maximum absolute atomic E-state index is 6.03. The minimum atomic E-state index is 0.657. The molecule has 5 heteroatoms. The van der Waals surface area contributed by atoms with Crippen LogP contribution >= 0.6 is 23.4 Å². The van der Waals surface area contributed by atoms with Gasteiger partial charge in [0.05, 0.1) is 5.69 Å². The highest BCUT2D eigenvalue weighted by atomic mass is 35.5. The number of nitrogens with zero attached hydrogens (tertiary/aromatic N) is 1. The van der Waals surface area contributed by atoms with Crippen molar-refractivity contribution in [3.05, 3.63) is 40.2 Å². The van der Waals surface area contributed by atoms with Gasteiger partial charge in [0.15, 0.2) is 0 Å². The van der Waals surface area contributed by atoms with Crippen LogP contribution in [0.1, 0.15) is 17.0 Å². The Balaban J connectivity index is 2.29. The van der Waals surface area contributed by atoms with Gasteiger partial charge in [0.2, 0.25) is 0 Å². The summed E-state index contributed by atoms with van der Waals surface area (Å²) in [5.41, 5.74) is 2.11. The van der Waals surface area contributed by atoms with E-state index in [-0.39, 0.29) is 0 Å². The number of rotatable bonds is 4. The second kappa shape index (κ2) is 5.78. The van der Waals surface area contributed by atoms with E-state index >= 15 is 0 Å². The summed E-state index contributed by atoms with van der Waals surface area (Å²) in [6.07, 6.45) is 0. The molecule has 3 nitrogen and oxygen atoms in total. The van der Waals surface area contributed by atoms with Crippen molar-refractivity contribution in [2.24, 2.45) is 0 Å². The van der Waals surface area contributed by atoms with Gasteiger partial charge in [-0.05, 0) is 50.4 Å². The Morgan fingerprint density at radius 1 is 1.39 bits per heavy atom. The molecule has 18 heavy (non-hydrogen) atoms. The summed E-state index contributed by atoms with van der Waals surface area (Å²) in [5.74, 6) is 0.856. The number of oxazole rings is 1. The van der Waals surface area contributed by atoms with E-state index in [1.807, 2.05) is 39.1 Å². The molecule has 0 spiro atoms. The Morgan fingerprint density at radius 2 is 2.17 bits per heavy atom. The summed E-state index contributed by atoms with van der Waals surface area (Å²) in [6, 6.07) is 5.85. The molecular weight excluding hydrogens is 268 g/mol. The summed E-state index contributed by atoms with van der Waals surface area (Å²) < 4.78 is 5.58. The second-order valence-corrected chi connectivity index (χ2v) is 5.44. The van der Waals surface area contributed by atoms with E-state index in [9.17, 15) is 0 Å². The van der Waals surface area contributed by atoms with E-state index in [2.05, 4.69) is 10.3 Å². The number of benzene rings is 1. The van der Waals surface area contributed by atoms with Crippen LogP contribution in [0.4, 0.5) is 0 Å². The fourth-order valence-electron chi connectivity index (χ4n) is 1.54. The third kappa shape index (κ3) is 3.07. The smallest absolute Gasteiger partial charge is 0.261 e. The Kier molecular flexibility index (Phi) is 4.32. The molecule has 1 aromatic heterocycles. The average molecular weight is 283 g/mol. The Labute approximate surface area is 116 Å². The van der Waals surface area contributed by atoms with Crippen molar-refractivity contribution in [3.63, 3.8) is 0 Å². The number of hydrogen-bond donors (Lipinski definition) is 1. The van der Waals surface area contributed by atoms with Gasteiger partial charge in [-0.25, -0.2) is 4.98 Å². The molecule has 1 N–H and O–H groups in total. The Bertz CT molecular complexity index is 534. The van der Waals surface area contributed by atoms with E-state index in [1.165, 1.54) is 17.3 Å². The zero-order valence-corrected chi connectivity index (χ0v) is 12.2. The van der Waals surface area contributed by atoms with Crippen molar-refractivity contribution in [1.29, 1.82) is 0 Å². The highest BCUT2D eigenvalue weighted by Gasteiger charge is 2.11. The molecule has 1 aromatic carbocycles. The first-order valence-electron chi connectivity index (χ1n) is 5.65. The van der Waals surface area contributed by atoms with Gasteiger partial charge in [-0.2, -0.15) is 0 Å². The van der Waals surface area contributed by atoms with Gasteiger partial charge in [0, 0.05) is 16.5 Å². The van der Waals surface area contributed by atoms with E-state index in [1.54, 1.807) is 0 Å². The van der Waals surface area contributed by atoms with Crippen molar-refractivity contribution in [1.82, 2.24) is 10.3 Å². The molecule has 0 saturated heterocycles. The van der Waals surface area contributed by atoms with E-state index in [4.69, 9.17) is 16.0 Å². The van der Waals surface area contributed by atoms with Gasteiger partial charge in [-0.1, -0.05) is 17.7 Å². The Hall–Kier alpha value is -0.970. The van der Waals surface area contributed by atoms with Crippen LogP contribution in [0.2, 0.25) is 5.02 Å². The summed E-state index contributed by atoms with van der Waals surface area (Å²) >= 11 is 7.54. The normalized spacial score (nSPS) is 10.9. The van der Waals surface area contributed by atoms with Crippen molar-refractivity contribution in [2.45, 2.75) is 30.5 Å². The van der Waals surface area contributed by atoms with Crippen molar-refractivity contribution in [3.8, 4) is 0 Å². The molecule has 0 atom stereocenters. The molecule has 0 amide bonds. The van der Waals surface area contributed by atoms with E-state index in [0.717, 1.165) is 27.9 Å². The lowest BCUT2D eigenvalue weighted by Crippen LogP contribution is -2.05. The highest BCUT2D eigenvalue weighted by Crippen LogP contribution is 2.32. The summed E-state index contributed by atoms with van der Waals surface area (Å²) in [5, 5.41) is 4.52. The fraction of sp³-hybridized carbons (Fsp3) is 0.308. The quantitative estimate of drug-likeness (QED) is 0.925. The zero-order valence-electron chi connectivity index (χ0n) is 10.6. The van der Waals surface area contributed by atoms with Gasteiger partial charge in [0.1, 0.15) is 5.76 Å². The van der Waals surface area contributed by atoms with Crippen LogP contribution in [0.15, 0.2) is 32.7 Å². The first-order chi connectivity index (χ1) is 8.60. The molecule has 0 radical (unpaired) electrons. The number of halogens is 1. The summed E-state index contributed by atoms with van der Waals surface area (Å²) in [6.45, 7) is 4.65. The Morgan fingerprint density at radius 3 is 2.78 bits per heavy atom. The molecular formula is C13H15ClN2OS. The van der Waals surface area contributed by atoms with E-state index in [0.29, 0.717) is 5.22 Å². The third-order valence-electron chi connectivity index (χ3n) is 2.60. The van der Waals surface area contributed by atoms with Crippen LogP contribution < -0.4 is 5.32 Å². The van der Waals surface area contributed by atoms with Crippen LogP contribution in [0, 0.1) is 13.8 Å². The first-order valence-corrected chi connectivity index (χ1v) is 6.84. The highest BCUT2D eigenvalue weighted by molar-refractivity contribution is 7.99. The van der Waals surface area contributed by atoms with Crippen molar-refractivity contribution in [2.75, 3.05) is 7.05 Å². The van der Waals surface area contributed by atoms with Crippen LogP contribution in [0.3, 0.4) is 0 Å². The molecule has 96 valence electrons. The fourth-order valence-corrected chi connectivity index (χ4v) is 2.77. The molecule has 0 fully saturated rings. The van der Waals surface area contributed by atoms with E-state index < -0.39 is 0 Å². The van der Waals surface area contributed by atoms with Gasteiger partial charge in [0.25, 0.3) is 5.22 Å². The SMILES string of the molecule is CNCc1ccc(Cl)cc1Sc1nc(C)c(C)o1. The molecule has 0 saturated carbocycles. The van der Waals surface area contributed by atoms with Gasteiger partial charge in [-0.15, -0.1) is 0 Å². The molecule has 2 aromatic rings. The predicted octanol–water partition coefficient (Wildman–Crippen LogP) is 3.82. The summed E-state index contributed by atoms with van der Waals surface area (Å²) in [7, 11) is 1.92. The largest absolute Gasteiger partial charge is 0.436 e. The van der Waals surface area contributed by atoms with Gasteiger partial charge in [-0.3, -0.25) is 0 Å². The first kappa shape index (κ1) is 13.5. The van der Waals surface area contributed by atoms with Gasteiger partial charge < -0.3 is 9.73 Å². The number of hydrogen-bond acceptors (Lipinski definition) is 4. The standard InChI is InChI=1S/C13H15ClN2OS/c1-8-9(2)17-13(16-8)18-12-6-11(14)5-4-10(12)7-15-3/h4-6,15H,7H2,1-3H3. The number of nitrogens with one attached hydrogen (secondary N) is 1. The minimum absolute atomic E-state index is 0.657. The van der Waals surface area contributed by atoms with Crippen LogP contribution in [-0.4, -0.2) is 12.0 Å². The number of aromatic nitrogens is 1. The zero-order chi connectivity index (χ0) is 13.1. The molecule has 0 aliphatic heterocycles. The molecule has 0 aliphatic rings.